The zero-order valence-corrected chi connectivity index (χ0v) is 21.0. The molecule has 2 aromatic carbocycles. The molecule has 0 radical (unpaired) electrons. The number of likely N-dealkylation sites (N-methyl/N-ethyl adjacent to an activating group) is 2. The van der Waals surface area contributed by atoms with Gasteiger partial charge < -0.3 is 20.2 Å². The highest BCUT2D eigenvalue weighted by atomic mass is 19.1. The van der Waals surface area contributed by atoms with Crippen molar-refractivity contribution in [2.24, 2.45) is 0 Å². The highest BCUT2D eigenvalue weighted by molar-refractivity contribution is 5.94. The van der Waals surface area contributed by atoms with Gasteiger partial charge in [-0.1, -0.05) is 13.8 Å². The molecule has 0 aliphatic rings. The lowest BCUT2D eigenvalue weighted by Crippen LogP contribution is -2.36. The molecule has 0 aliphatic carbocycles. The summed E-state index contributed by atoms with van der Waals surface area (Å²) in [6.45, 7) is 6.98. The smallest absolute Gasteiger partial charge is 0.413 e. The molecule has 0 aliphatic heterocycles. The quantitative estimate of drug-likeness (QED) is 0.387. The monoisotopic (exact) mass is 512 g/mol. The minimum absolute atomic E-state index is 0.0183. The summed E-state index contributed by atoms with van der Waals surface area (Å²) in [5.74, 6) is -1.43. The Balaban J connectivity index is 1.69. The van der Waals surface area contributed by atoms with Crippen LogP contribution in [0.25, 0.3) is 0 Å². The molecule has 9 nitrogen and oxygen atoms in total. The van der Waals surface area contributed by atoms with E-state index in [9.17, 15) is 23.5 Å². The van der Waals surface area contributed by atoms with Gasteiger partial charge in [0.1, 0.15) is 17.5 Å². The van der Waals surface area contributed by atoms with Gasteiger partial charge in [0.25, 0.3) is 5.91 Å². The molecule has 2 N–H and O–H groups in total. The van der Waals surface area contributed by atoms with Crippen molar-refractivity contribution in [2.75, 3.05) is 43.4 Å². The Bertz CT molecular complexity index is 1220. The van der Waals surface area contributed by atoms with Gasteiger partial charge in [-0.15, -0.1) is 0 Å². The first kappa shape index (κ1) is 27.5. The van der Waals surface area contributed by atoms with Gasteiger partial charge in [0.2, 0.25) is 5.95 Å². The Hall–Kier alpha value is -4.12. The Morgan fingerprint density at radius 3 is 2.35 bits per heavy atom. The van der Waals surface area contributed by atoms with Gasteiger partial charge in [-0.05, 0) is 61.6 Å². The zero-order valence-electron chi connectivity index (χ0n) is 21.0. The summed E-state index contributed by atoms with van der Waals surface area (Å²) in [4.78, 5) is 37.6. The van der Waals surface area contributed by atoms with E-state index in [1.54, 1.807) is 36.2 Å². The van der Waals surface area contributed by atoms with Crippen molar-refractivity contribution in [2.45, 2.75) is 20.4 Å². The van der Waals surface area contributed by atoms with Gasteiger partial charge in [-0.25, -0.2) is 18.6 Å². The van der Waals surface area contributed by atoms with Crippen LogP contribution in [-0.2, 0) is 6.54 Å². The summed E-state index contributed by atoms with van der Waals surface area (Å²) in [5.41, 5.74) is 0.979. The normalized spacial score (nSPS) is 10.9. The van der Waals surface area contributed by atoms with E-state index in [0.29, 0.717) is 17.8 Å². The number of anilines is 3. The van der Waals surface area contributed by atoms with E-state index in [-0.39, 0.29) is 23.2 Å². The maximum absolute atomic E-state index is 14.1. The molecule has 37 heavy (non-hydrogen) atoms. The molecule has 0 saturated heterocycles. The topological polar surface area (TPSA) is 102 Å². The highest BCUT2D eigenvalue weighted by Gasteiger charge is 2.20. The first-order valence-electron chi connectivity index (χ1n) is 11.8. The van der Waals surface area contributed by atoms with Crippen molar-refractivity contribution >= 4 is 29.5 Å². The second-order valence-corrected chi connectivity index (χ2v) is 8.30. The third-order valence-corrected chi connectivity index (χ3v) is 5.87. The zero-order chi connectivity index (χ0) is 26.9. The van der Waals surface area contributed by atoms with Crippen LogP contribution in [0.15, 0.2) is 54.7 Å². The van der Waals surface area contributed by atoms with Crippen molar-refractivity contribution in [3.8, 4) is 0 Å². The van der Waals surface area contributed by atoms with Crippen LogP contribution in [0, 0.1) is 11.6 Å². The lowest BCUT2D eigenvalue weighted by molar-refractivity contribution is 0.0779. The number of amides is 2. The number of carbonyl (C=O) groups excluding carboxylic acids is 1. The third-order valence-electron chi connectivity index (χ3n) is 5.87. The maximum Gasteiger partial charge on any atom is 0.413 e. The number of benzene rings is 2. The number of carboxylic acid groups (broad SMARTS) is 1. The molecule has 0 fully saturated rings. The fraction of sp³-hybridized carbons (Fsp3) is 0.308. The second-order valence-electron chi connectivity index (χ2n) is 8.30. The number of aromatic nitrogens is 2. The number of nitrogens with zero attached hydrogens (tertiary/aromatic N) is 5. The Kier molecular flexibility index (Phi) is 9.45. The molecule has 11 heteroatoms. The number of hydrogen-bond acceptors (Lipinski definition) is 6. The van der Waals surface area contributed by atoms with Crippen molar-refractivity contribution in [3.63, 3.8) is 0 Å². The third kappa shape index (κ3) is 7.43. The summed E-state index contributed by atoms with van der Waals surface area (Å²) < 4.78 is 27.6. The van der Waals surface area contributed by atoms with Crippen molar-refractivity contribution < 1.29 is 23.5 Å². The van der Waals surface area contributed by atoms with Crippen LogP contribution in [0.5, 0.6) is 0 Å². The first-order valence-corrected chi connectivity index (χ1v) is 11.8. The Morgan fingerprint density at radius 1 is 1.00 bits per heavy atom. The first-order chi connectivity index (χ1) is 17.7. The molecule has 0 atom stereocenters. The molecular weight excluding hydrogens is 482 g/mol. The molecule has 1 heterocycles. The second kappa shape index (κ2) is 12.7. The van der Waals surface area contributed by atoms with E-state index in [1.165, 1.54) is 12.3 Å². The fourth-order valence-corrected chi connectivity index (χ4v) is 3.62. The van der Waals surface area contributed by atoms with Crippen LogP contribution in [0.2, 0.25) is 0 Å². The van der Waals surface area contributed by atoms with E-state index < -0.39 is 24.3 Å². The van der Waals surface area contributed by atoms with Crippen molar-refractivity contribution in [3.05, 3.63) is 77.5 Å². The molecule has 196 valence electrons. The standard InChI is InChI=1S/C26H30F2N6O3/c1-4-33(5-2)15-14-32(3)24(35)18-6-9-21(10-7-18)30-25-29-13-12-23(31-25)34(26(36)37)17-19-16-20(27)8-11-22(19)28/h6-13,16H,4-5,14-15,17H2,1-3H3,(H,36,37)(H,29,30,31). The number of carbonyl (C=O) groups is 2. The average Bonchev–Trinajstić information content (AvgIpc) is 2.89. The molecule has 3 aromatic rings. The molecule has 1 aromatic heterocycles. The van der Waals surface area contributed by atoms with Crippen molar-refractivity contribution in [1.82, 2.24) is 19.8 Å². The van der Waals surface area contributed by atoms with Gasteiger partial charge >= 0.3 is 6.09 Å². The molecular formula is C26H30F2N6O3. The van der Waals surface area contributed by atoms with Crippen LogP contribution >= 0.6 is 0 Å². The fourth-order valence-electron chi connectivity index (χ4n) is 3.62. The number of hydrogen-bond donors (Lipinski definition) is 2. The Morgan fingerprint density at radius 2 is 1.70 bits per heavy atom. The van der Waals surface area contributed by atoms with Crippen LogP contribution in [0.3, 0.4) is 0 Å². The summed E-state index contributed by atoms with van der Waals surface area (Å²) in [6, 6.07) is 10.9. The van der Waals surface area contributed by atoms with Gasteiger partial charge in [0, 0.05) is 43.1 Å². The number of rotatable bonds is 11. The van der Waals surface area contributed by atoms with Crippen LogP contribution in [0.4, 0.5) is 31.0 Å². The minimum Gasteiger partial charge on any atom is -0.465 e. The predicted octanol–water partition coefficient (Wildman–Crippen LogP) is 4.60. The van der Waals surface area contributed by atoms with Gasteiger partial charge in [0.05, 0.1) is 6.54 Å². The summed E-state index contributed by atoms with van der Waals surface area (Å²) in [5, 5.41) is 12.6. The Labute approximate surface area is 214 Å². The van der Waals surface area contributed by atoms with Gasteiger partial charge in [0.15, 0.2) is 0 Å². The highest BCUT2D eigenvalue weighted by Crippen LogP contribution is 2.21. The molecule has 0 saturated carbocycles. The van der Waals surface area contributed by atoms with E-state index in [2.05, 4.69) is 34.0 Å². The summed E-state index contributed by atoms with van der Waals surface area (Å²) >= 11 is 0. The predicted molar refractivity (Wildman–Crippen MR) is 137 cm³/mol. The van der Waals surface area contributed by atoms with Gasteiger partial charge in [-0.2, -0.15) is 4.98 Å². The van der Waals surface area contributed by atoms with Crippen LogP contribution in [0.1, 0.15) is 29.8 Å². The SMILES string of the molecule is CCN(CC)CCN(C)C(=O)c1ccc(Nc2nccc(N(Cc3cc(F)ccc3F)C(=O)O)n2)cc1. The van der Waals surface area contributed by atoms with E-state index in [1.807, 2.05) is 0 Å². The molecule has 3 rings (SSSR count). The van der Waals surface area contributed by atoms with Crippen LogP contribution in [-0.4, -0.2) is 70.1 Å². The van der Waals surface area contributed by atoms with Crippen molar-refractivity contribution in [1.29, 1.82) is 0 Å². The largest absolute Gasteiger partial charge is 0.465 e. The summed E-state index contributed by atoms with van der Waals surface area (Å²) in [7, 11) is 1.77. The lowest BCUT2D eigenvalue weighted by Gasteiger charge is -2.23. The molecule has 2 amide bonds. The van der Waals surface area contributed by atoms with E-state index >= 15 is 0 Å². The summed E-state index contributed by atoms with van der Waals surface area (Å²) in [6.07, 6.45) is -0.0352. The lowest BCUT2D eigenvalue weighted by atomic mass is 10.2. The van der Waals surface area contributed by atoms with E-state index in [0.717, 1.165) is 42.7 Å². The number of nitrogens with one attached hydrogen (secondary N) is 1. The van der Waals surface area contributed by atoms with Gasteiger partial charge in [-0.3, -0.25) is 9.69 Å². The van der Waals surface area contributed by atoms with E-state index in [4.69, 9.17) is 0 Å². The van der Waals surface area contributed by atoms with Crippen LogP contribution < -0.4 is 10.2 Å². The molecule has 0 bridgehead atoms. The molecule has 0 spiro atoms. The number of halogens is 2. The maximum atomic E-state index is 14.1. The average molecular weight is 513 g/mol. The molecule has 0 unspecified atom stereocenters. The minimum atomic E-state index is -1.39.